The lowest BCUT2D eigenvalue weighted by Crippen LogP contribution is -2.48. The van der Waals surface area contributed by atoms with E-state index in [1.807, 2.05) is 0 Å². The van der Waals surface area contributed by atoms with E-state index in [-0.39, 0.29) is 0 Å². The van der Waals surface area contributed by atoms with Crippen LogP contribution in [0.5, 0.6) is 0 Å². The van der Waals surface area contributed by atoms with Gasteiger partial charge in [0.15, 0.2) is 0 Å². The average molecular weight is 268 g/mol. The molecule has 2 unspecified atom stereocenters. The number of ether oxygens (including phenoxy) is 1. The monoisotopic (exact) mass is 268 g/mol. The molecule has 2 saturated heterocycles. The van der Waals surface area contributed by atoms with Crippen molar-refractivity contribution in [1.82, 2.24) is 10.2 Å². The summed E-state index contributed by atoms with van der Waals surface area (Å²) in [5, 5.41) is 3.39. The van der Waals surface area contributed by atoms with Crippen molar-refractivity contribution in [2.45, 2.75) is 64.0 Å². The lowest BCUT2D eigenvalue weighted by Gasteiger charge is -2.34. The van der Waals surface area contributed by atoms with Gasteiger partial charge in [-0.1, -0.05) is 0 Å². The molecule has 0 bridgehead atoms. The molecule has 2 heterocycles. The third-order valence-electron chi connectivity index (χ3n) is 4.33. The van der Waals surface area contributed by atoms with Gasteiger partial charge in [0.1, 0.15) is 0 Å². The zero-order valence-corrected chi connectivity index (χ0v) is 12.2. The second kappa shape index (κ2) is 7.85. The molecule has 0 aromatic heterocycles. The number of hydrogen-bond acceptors (Lipinski definition) is 3. The van der Waals surface area contributed by atoms with E-state index < -0.39 is 0 Å². The zero-order valence-electron chi connectivity index (χ0n) is 12.2. The van der Waals surface area contributed by atoms with Gasteiger partial charge in [0.05, 0.1) is 6.10 Å². The molecule has 2 fully saturated rings. The predicted molar refractivity (Wildman–Crippen MR) is 76.1 cm³/mol. The maximum atomic E-state index is 12.4. The topological polar surface area (TPSA) is 41.6 Å². The van der Waals surface area contributed by atoms with Gasteiger partial charge >= 0.3 is 0 Å². The quantitative estimate of drug-likeness (QED) is 0.828. The molecular formula is C15H28N2O2. The van der Waals surface area contributed by atoms with Gasteiger partial charge in [-0.3, -0.25) is 4.79 Å². The number of piperidine rings is 1. The van der Waals surface area contributed by atoms with E-state index in [0.717, 1.165) is 45.5 Å². The van der Waals surface area contributed by atoms with E-state index in [0.29, 0.717) is 24.5 Å². The summed E-state index contributed by atoms with van der Waals surface area (Å²) < 4.78 is 5.70. The Morgan fingerprint density at radius 1 is 1.32 bits per heavy atom. The maximum absolute atomic E-state index is 12.4. The molecule has 4 nitrogen and oxygen atoms in total. The number of carbonyl (C=O) groups excluding carboxylic acids is 1. The number of likely N-dealkylation sites (N-methyl/N-ethyl adjacent to an activating group) is 1. The summed E-state index contributed by atoms with van der Waals surface area (Å²) in [5.74, 6) is 0.311. The second-order valence-electron chi connectivity index (χ2n) is 5.71. The predicted octanol–water partition coefficient (Wildman–Crippen LogP) is 1.94. The van der Waals surface area contributed by atoms with Crippen LogP contribution < -0.4 is 5.32 Å². The summed E-state index contributed by atoms with van der Waals surface area (Å²) in [6.07, 6.45) is 7.75. The Bertz CT molecular complexity index is 271. The molecule has 1 amide bonds. The van der Waals surface area contributed by atoms with Gasteiger partial charge in [-0.25, -0.2) is 0 Å². The fourth-order valence-corrected chi connectivity index (χ4v) is 3.20. The number of amides is 1. The molecule has 19 heavy (non-hydrogen) atoms. The van der Waals surface area contributed by atoms with Crippen molar-refractivity contribution >= 4 is 5.91 Å². The fraction of sp³-hybridized carbons (Fsp3) is 0.933. The molecule has 0 aliphatic carbocycles. The van der Waals surface area contributed by atoms with Gasteiger partial charge in [0.25, 0.3) is 0 Å². The standard InChI is InChI=1S/C15H28N2O2/c1-2-17(13-6-5-10-16-12-13)15(18)9-8-14-7-3-4-11-19-14/h13-14,16H,2-12H2,1H3. The van der Waals surface area contributed by atoms with E-state index in [9.17, 15) is 4.79 Å². The van der Waals surface area contributed by atoms with Gasteiger partial charge in [-0.2, -0.15) is 0 Å². The molecule has 1 N–H and O–H groups in total. The summed E-state index contributed by atoms with van der Waals surface area (Å²) in [7, 11) is 0. The Labute approximate surface area is 116 Å². The first-order valence-corrected chi connectivity index (χ1v) is 7.93. The largest absolute Gasteiger partial charge is 0.378 e. The lowest BCUT2D eigenvalue weighted by atomic mass is 10.0. The normalized spacial score (nSPS) is 28.1. The number of nitrogens with one attached hydrogen (secondary N) is 1. The summed E-state index contributed by atoms with van der Waals surface area (Å²) in [4.78, 5) is 14.4. The number of rotatable bonds is 5. The smallest absolute Gasteiger partial charge is 0.222 e. The first kappa shape index (κ1) is 14.8. The van der Waals surface area contributed by atoms with E-state index in [2.05, 4.69) is 17.1 Å². The Morgan fingerprint density at radius 2 is 2.21 bits per heavy atom. The van der Waals surface area contributed by atoms with Crippen LogP contribution in [0.4, 0.5) is 0 Å². The van der Waals surface area contributed by atoms with Gasteiger partial charge in [0.2, 0.25) is 5.91 Å². The van der Waals surface area contributed by atoms with Crippen LogP contribution in [-0.2, 0) is 9.53 Å². The highest BCUT2D eigenvalue weighted by Crippen LogP contribution is 2.19. The van der Waals surface area contributed by atoms with Crippen LogP contribution in [0.2, 0.25) is 0 Å². The highest BCUT2D eigenvalue weighted by Gasteiger charge is 2.24. The SMILES string of the molecule is CCN(C(=O)CCC1CCCCO1)C1CCCNC1. The van der Waals surface area contributed by atoms with E-state index in [1.165, 1.54) is 19.3 Å². The molecular weight excluding hydrogens is 240 g/mol. The molecule has 0 aromatic rings. The van der Waals surface area contributed by atoms with Crippen molar-refractivity contribution in [1.29, 1.82) is 0 Å². The van der Waals surface area contributed by atoms with Crippen molar-refractivity contribution in [3.05, 3.63) is 0 Å². The minimum absolute atomic E-state index is 0.311. The second-order valence-corrected chi connectivity index (χ2v) is 5.71. The van der Waals surface area contributed by atoms with Crippen molar-refractivity contribution < 1.29 is 9.53 Å². The van der Waals surface area contributed by atoms with Crippen molar-refractivity contribution in [3.8, 4) is 0 Å². The number of hydrogen-bond donors (Lipinski definition) is 1. The van der Waals surface area contributed by atoms with Crippen LogP contribution in [0.3, 0.4) is 0 Å². The Morgan fingerprint density at radius 3 is 2.84 bits per heavy atom. The molecule has 2 rings (SSSR count). The van der Waals surface area contributed by atoms with Crippen LogP contribution in [-0.4, -0.2) is 49.2 Å². The molecule has 0 aromatic carbocycles. The third-order valence-corrected chi connectivity index (χ3v) is 4.33. The highest BCUT2D eigenvalue weighted by molar-refractivity contribution is 5.76. The van der Waals surface area contributed by atoms with Crippen LogP contribution in [0, 0.1) is 0 Å². The Balaban J connectivity index is 1.75. The molecule has 0 saturated carbocycles. The minimum atomic E-state index is 0.311. The van der Waals surface area contributed by atoms with E-state index in [1.54, 1.807) is 0 Å². The first-order chi connectivity index (χ1) is 9.31. The van der Waals surface area contributed by atoms with Crippen molar-refractivity contribution in [3.63, 3.8) is 0 Å². The van der Waals surface area contributed by atoms with Gasteiger partial charge in [-0.05, 0) is 52.0 Å². The van der Waals surface area contributed by atoms with Crippen LogP contribution >= 0.6 is 0 Å². The van der Waals surface area contributed by atoms with Gasteiger partial charge in [0, 0.05) is 32.2 Å². The Hall–Kier alpha value is -0.610. The van der Waals surface area contributed by atoms with Gasteiger partial charge in [-0.15, -0.1) is 0 Å². The lowest BCUT2D eigenvalue weighted by molar-refractivity contribution is -0.134. The highest BCUT2D eigenvalue weighted by atomic mass is 16.5. The minimum Gasteiger partial charge on any atom is -0.378 e. The molecule has 0 radical (unpaired) electrons. The number of nitrogens with zero attached hydrogens (tertiary/aromatic N) is 1. The van der Waals surface area contributed by atoms with E-state index in [4.69, 9.17) is 4.74 Å². The van der Waals surface area contributed by atoms with Crippen molar-refractivity contribution in [2.75, 3.05) is 26.2 Å². The fourth-order valence-electron chi connectivity index (χ4n) is 3.20. The molecule has 2 atom stereocenters. The molecule has 110 valence electrons. The molecule has 2 aliphatic heterocycles. The summed E-state index contributed by atoms with van der Waals surface area (Å²) in [6.45, 7) is 5.85. The summed E-state index contributed by atoms with van der Waals surface area (Å²) >= 11 is 0. The maximum Gasteiger partial charge on any atom is 0.222 e. The van der Waals surface area contributed by atoms with E-state index >= 15 is 0 Å². The van der Waals surface area contributed by atoms with Crippen molar-refractivity contribution in [2.24, 2.45) is 0 Å². The third kappa shape index (κ3) is 4.46. The molecule has 2 aliphatic rings. The van der Waals surface area contributed by atoms with Gasteiger partial charge < -0.3 is 15.0 Å². The molecule has 4 heteroatoms. The Kier molecular flexibility index (Phi) is 6.11. The van der Waals surface area contributed by atoms with Crippen LogP contribution in [0.25, 0.3) is 0 Å². The van der Waals surface area contributed by atoms with Crippen LogP contribution in [0.15, 0.2) is 0 Å². The summed E-state index contributed by atoms with van der Waals surface area (Å²) in [5.41, 5.74) is 0. The summed E-state index contributed by atoms with van der Waals surface area (Å²) in [6, 6.07) is 0.401. The first-order valence-electron chi connectivity index (χ1n) is 7.93. The zero-order chi connectivity index (χ0) is 13.5. The number of carbonyl (C=O) groups is 1. The molecule has 0 spiro atoms. The van der Waals surface area contributed by atoms with Crippen LogP contribution in [0.1, 0.15) is 51.9 Å². The average Bonchev–Trinajstić information content (AvgIpc) is 2.48.